The van der Waals surface area contributed by atoms with Gasteiger partial charge in [-0.1, -0.05) is 26.8 Å². The minimum absolute atomic E-state index is 0.0220. The molecule has 108 valence electrons. The van der Waals surface area contributed by atoms with E-state index in [4.69, 9.17) is 0 Å². The van der Waals surface area contributed by atoms with E-state index in [0.717, 1.165) is 0 Å². The highest BCUT2D eigenvalue weighted by atomic mass is 16.2. The number of carbonyl (C=O) groups excluding carboxylic acids is 2. The Morgan fingerprint density at radius 1 is 1.25 bits per heavy atom. The average Bonchev–Trinajstić information content (AvgIpc) is 2.41. The summed E-state index contributed by atoms with van der Waals surface area (Å²) in [5.41, 5.74) is 0.484. The van der Waals surface area contributed by atoms with Crippen LogP contribution >= 0.6 is 0 Å². The highest BCUT2D eigenvalue weighted by molar-refractivity contribution is 5.93. The molecule has 0 radical (unpaired) electrons. The summed E-state index contributed by atoms with van der Waals surface area (Å²) in [5, 5.41) is 5.41. The third-order valence-corrected chi connectivity index (χ3v) is 2.37. The largest absolute Gasteiger partial charge is 0.351 e. The Kier molecular flexibility index (Phi) is 5.90. The average molecular weight is 275 g/mol. The van der Waals surface area contributed by atoms with Crippen LogP contribution in [0.1, 0.15) is 31.1 Å². The van der Waals surface area contributed by atoms with Gasteiger partial charge < -0.3 is 10.6 Å². The van der Waals surface area contributed by atoms with Crippen molar-refractivity contribution in [3.63, 3.8) is 0 Å². The van der Waals surface area contributed by atoms with Gasteiger partial charge in [-0.25, -0.2) is 0 Å². The monoisotopic (exact) mass is 275 g/mol. The minimum atomic E-state index is -0.197. The molecule has 0 aliphatic rings. The number of allylic oxidation sites excluding steroid dienone is 1. The molecule has 1 heterocycles. The van der Waals surface area contributed by atoms with Crippen molar-refractivity contribution in [1.82, 2.24) is 15.6 Å². The van der Waals surface area contributed by atoms with Crippen LogP contribution in [0.3, 0.4) is 0 Å². The molecule has 0 aromatic carbocycles. The van der Waals surface area contributed by atoms with Gasteiger partial charge in [-0.2, -0.15) is 0 Å². The predicted molar refractivity (Wildman–Crippen MR) is 78.2 cm³/mol. The molecule has 0 bridgehead atoms. The summed E-state index contributed by atoms with van der Waals surface area (Å²) in [6, 6.07) is 3.39. The van der Waals surface area contributed by atoms with Gasteiger partial charge in [0.15, 0.2) is 0 Å². The lowest BCUT2D eigenvalue weighted by atomic mass is 9.96. The molecule has 0 fully saturated rings. The van der Waals surface area contributed by atoms with Crippen LogP contribution in [0, 0.1) is 5.41 Å². The predicted octanol–water partition coefficient (Wildman–Crippen LogP) is 1.53. The van der Waals surface area contributed by atoms with Crippen LogP contribution in [0.15, 0.2) is 36.7 Å². The van der Waals surface area contributed by atoms with Crippen molar-refractivity contribution in [2.75, 3.05) is 13.1 Å². The number of hydrogen-bond donors (Lipinski definition) is 2. The first-order valence-electron chi connectivity index (χ1n) is 6.54. The Hall–Kier alpha value is -2.17. The van der Waals surface area contributed by atoms with E-state index >= 15 is 0 Å². The Morgan fingerprint density at radius 2 is 1.95 bits per heavy atom. The van der Waals surface area contributed by atoms with Crippen molar-refractivity contribution in [1.29, 1.82) is 0 Å². The molecule has 0 saturated heterocycles. The lowest BCUT2D eigenvalue weighted by Gasteiger charge is -2.11. The van der Waals surface area contributed by atoms with Gasteiger partial charge >= 0.3 is 0 Å². The maximum atomic E-state index is 11.7. The number of amides is 2. The zero-order valence-corrected chi connectivity index (χ0v) is 12.1. The van der Waals surface area contributed by atoms with E-state index < -0.39 is 0 Å². The Bertz CT molecular complexity index is 476. The van der Waals surface area contributed by atoms with Crippen LogP contribution in [0.2, 0.25) is 0 Å². The first kappa shape index (κ1) is 15.9. The molecule has 5 nitrogen and oxygen atoms in total. The van der Waals surface area contributed by atoms with Crippen molar-refractivity contribution in [3.8, 4) is 0 Å². The van der Waals surface area contributed by atoms with Crippen molar-refractivity contribution in [3.05, 3.63) is 42.2 Å². The van der Waals surface area contributed by atoms with E-state index in [1.54, 1.807) is 18.3 Å². The van der Waals surface area contributed by atoms with Gasteiger partial charge in [0.1, 0.15) is 0 Å². The fourth-order valence-electron chi connectivity index (χ4n) is 1.35. The molecule has 1 aromatic heterocycles. The van der Waals surface area contributed by atoms with E-state index in [0.29, 0.717) is 18.7 Å². The molecule has 1 rings (SSSR count). The molecule has 5 heteroatoms. The van der Waals surface area contributed by atoms with Gasteiger partial charge in [0, 0.05) is 25.5 Å². The second-order valence-corrected chi connectivity index (χ2v) is 5.49. The molecule has 2 amide bonds. The van der Waals surface area contributed by atoms with E-state index in [-0.39, 0.29) is 17.2 Å². The SMILES string of the molecule is CC(C)(C)/C=C/C(=O)NCCNC(=O)c1cccnc1. The minimum Gasteiger partial charge on any atom is -0.351 e. The summed E-state index contributed by atoms with van der Waals surface area (Å²) in [4.78, 5) is 27.0. The van der Waals surface area contributed by atoms with Crippen LogP contribution in [-0.2, 0) is 4.79 Å². The molecule has 0 saturated carbocycles. The number of hydrogen-bond acceptors (Lipinski definition) is 3. The summed E-state index contributed by atoms with van der Waals surface area (Å²) in [7, 11) is 0. The molecule has 0 atom stereocenters. The van der Waals surface area contributed by atoms with Crippen LogP contribution < -0.4 is 10.6 Å². The van der Waals surface area contributed by atoms with E-state index in [9.17, 15) is 9.59 Å². The molecule has 20 heavy (non-hydrogen) atoms. The zero-order valence-electron chi connectivity index (χ0n) is 12.1. The summed E-state index contributed by atoms with van der Waals surface area (Å²) in [6.07, 6.45) is 6.47. The number of carbonyl (C=O) groups is 2. The second-order valence-electron chi connectivity index (χ2n) is 5.49. The lowest BCUT2D eigenvalue weighted by Crippen LogP contribution is -2.34. The molecule has 0 spiro atoms. The Balaban J connectivity index is 2.24. The third kappa shape index (κ3) is 6.68. The molecule has 0 aliphatic heterocycles. The fourth-order valence-corrected chi connectivity index (χ4v) is 1.35. The molecular formula is C15H21N3O2. The van der Waals surface area contributed by atoms with Crippen LogP contribution in [-0.4, -0.2) is 29.9 Å². The summed E-state index contributed by atoms with van der Waals surface area (Å²) >= 11 is 0. The molecule has 2 N–H and O–H groups in total. The number of nitrogens with one attached hydrogen (secondary N) is 2. The standard InChI is InChI=1S/C15H21N3O2/c1-15(2,3)7-6-13(19)17-9-10-18-14(20)12-5-4-8-16-11-12/h4-8,11H,9-10H2,1-3H3,(H,17,19)(H,18,20)/b7-6+. The van der Waals surface area contributed by atoms with Crippen molar-refractivity contribution in [2.24, 2.45) is 5.41 Å². The third-order valence-electron chi connectivity index (χ3n) is 2.37. The van der Waals surface area contributed by atoms with Gasteiger partial charge in [0.25, 0.3) is 5.91 Å². The van der Waals surface area contributed by atoms with Crippen LogP contribution in [0.25, 0.3) is 0 Å². The first-order valence-corrected chi connectivity index (χ1v) is 6.54. The molecule has 1 aromatic rings. The van der Waals surface area contributed by atoms with Gasteiger partial charge in [-0.05, 0) is 23.6 Å². The summed E-state index contributed by atoms with van der Waals surface area (Å²) in [6.45, 7) is 6.82. The summed E-state index contributed by atoms with van der Waals surface area (Å²) in [5.74, 6) is -0.354. The molecule has 0 aliphatic carbocycles. The maximum absolute atomic E-state index is 11.7. The summed E-state index contributed by atoms with van der Waals surface area (Å²) < 4.78 is 0. The van der Waals surface area contributed by atoms with Gasteiger partial charge in [0.05, 0.1) is 5.56 Å². The zero-order chi connectivity index (χ0) is 15.0. The van der Waals surface area contributed by atoms with Crippen molar-refractivity contribution in [2.45, 2.75) is 20.8 Å². The molecule has 0 unspecified atom stereocenters. The van der Waals surface area contributed by atoms with Gasteiger partial charge in [0.2, 0.25) is 5.91 Å². The topological polar surface area (TPSA) is 71.1 Å². The second kappa shape index (κ2) is 7.43. The van der Waals surface area contributed by atoms with Crippen LogP contribution in [0.5, 0.6) is 0 Å². The van der Waals surface area contributed by atoms with Crippen LogP contribution in [0.4, 0.5) is 0 Å². The van der Waals surface area contributed by atoms with E-state index in [2.05, 4.69) is 15.6 Å². The van der Waals surface area contributed by atoms with Crippen molar-refractivity contribution >= 4 is 11.8 Å². The smallest absolute Gasteiger partial charge is 0.252 e. The lowest BCUT2D eigenvalue weighted by molar-refractivity contribution is -0.116. The quantitative estimate of drug-likeness (QED) is 0.632. The van der Waals surface area contributed by atoms with Crippen molar-refractivity contribution < 1.29 is 9.59 Å². The fraction of sp³-hybridized carbons (Fsp3) is 0.400. The highest BCUT2D eigenvalue weighted by Crippen LogP contribution is 2.13. The number of rotatable bonds is 5. The highest BCUT2D eigenvalue weighted by Gasteiger charge is 2.06. The molecular weight excluding hydrogens is 254 g/mol. The number of nitrogens with zero attached hydrogens (tertiary/aromatic N) is 1. The Morgan fingerprint density at radius 3 is 2.55 bits per heavy atom. The number of aromatic nitrogens is 1. The maximum Gasteiger partial charge on any atom is 0.252 e. The van der Waals surface area contributed by atoms with E-state index in [1.807, 2.05) is 26.8 Å². The van der Waals surface area contributed by atoms with Gasteiger partial charge in [-0.15, -0.1) is 0 Å². The number of pyridine rings is 1. The Labute approximate surface area is 119 Å². The first-order chi connectivity index (χ1) is 9.38. The van der Waals surface area contributed by atoms with Gasteiger partial charge in [-0.3, -0.25) is 14.6 Å². The van der Waals surface area contributed by atoms with E-state index in [1.165, 1.54) is 12.3 Å². The normalized spacial score (nSPS) is 11.3.